The first-order valence-electron chi connectivity index (χ1n) is 8.75. The van der Waals surface area contributed by atoms with Crippen LogP contribution in [0.2, 0.25) is 0 Å². The summed E-state index contributed by atoms with van der Waals surface area (Å²) in [5, 5.41) is 13.0. The Balaban J connectivity index is 2.01. The molecule has 1 aliphatic carbocycles. The van der Waals surface area contributed by atoms with Crippen molar-refractivity contribution in [1.82, 2.24) is 4.98 Å². The maximum atomic E-state index is 13.0. The molecular weight excluding hydrogens is 348 g/mol. The van der Waals surface area contributed by atoms with Gasteiger partial charge in [-0.1, -0.05) is 6.07 Å². The van der Waals surface area contributed by atoms with Crippen molar-refractivity contribution in [2.24, 2.45) is 5.92 Å². The largest absolute Gasteiger partial charge is 0.618 e. The molecule has 1 heterocycles. The van der Waals surface area contributed by atoms with E-state index in [4.69, 9.17) is 19.2 Å². The SMILES string of the molecule is COC(=O)C1CCc2cc3c(nc4c(OC)cccc4[n+]3[O-])c(OC)c2C1. The number of carbonyl (C=O) groups is 1. The fourth-order valence-corrected chi connectivity index (χ4v) is 3.89. The fourth-order valence-electron chi connectivity index (χ4n) is 3.89. The quantitative estimate of drug-likeness (QED) is 0.305. The Morgan fingerprint density at radius 3 is 2.70 bits per heavy atom. The average Bonchev–Trinajstić information content (AvgIpc) is 2.71. The Bertz CT molecular complexity index is 1060. The summed E-state index contributed by atoms with van der Waals surface area (Å²) in [7, 11) is 4.50. The van der Waals surface area contributed by atoms with E-state index >= 15 is 0 Å². The molecule has 0 saturated carbocycles. The predicted molar refractivity (Wildman–Crippen MR) is 98.8 cm³/mol. The van der Waals surface area contributed by atoms with Gasteiger partial charge in [-0.2, -0.15) is 4.73 Å². The third-order valence-corrected chi connectivity index (χ3v) is 5.24. The molecule has 1 atom stereocenters. The zero-order valence-corrected chi connectivity index (χ0v) is 15.4. The average molecular weight is 368 g/mol. The summed E-state index contributed by atoms with van der Waals surface area (Å²) in [6.07, 6.45) is 1.87. The number of fused-ring (bicyclic) bond motifs is 3. The van der Waals surface area contributed by atoms with Crippen molar-refractivity contribution in [3.05, 3.63) is 40.6 Å². The Morgan fingerprint density at radius 2 is 2.00 bits per heavy atom. The van der Waals surface area contributed by atoms with Crippen molar-refractivity contribution in [2.75, 3.05) is 21.3 Å². The van der Waals surface area contributed by atoms with E-state index in [1.165, 1.54) is 7.11 Å². The number of aromatic nitrogens is 2. The molecule has 0 N–H and O–H groups in total. The third-order valence-electron chi connectivity index (χ3n) is 5.24. The van der Waals surface area contributed by atoms with Crippen LogP contribution in [0.3, 0.4) is 0 Å². The van der Waals surface area contributed by atoms with E-state index < -0.39 is 0 Å². The van der Waals surface area contributed by atoms with Gasteiger partial charge in [0.15, 0.2) is 22.5 Å². The Kier molecular flexibility index (Phi) is 4.22. The monoisotopic (exact) mass is 368 g/mol. The summed E-state index contributed by atoms with van der Waals surface area (Å²) >= 11 is 0. The van der Waals surface area contributed by atoms with E-state index in [9.17, 15) is 10.0 Å². The molecule has 0 radical (unpaired) electrons. The first kappa shape index (κ1) is 17.3. The van der Waals surface area contributed by atoms with Crippen LogP contribution >= 0.6 is 0 Å². The van der Waals surface area contributed by atoms with Gasteiger partial charge in [-0.15, -0.1) is 0 Å². The van der Waals surface area contributed by atoms with E-state index in [2.05, 4.69) is 0 Å². The van der Waals surface area contributed by atoms with Gasteiger partial charge in [0.1, 0.15) is 0 Å². The van der Waals surface area contributed by atoms with Crippen LogP contribution in [0.4, 0.5) is 0 Å². The van der Waals surface area contributed by atoms with Gasteiger partial charge < -0.3 is 19.4 Å². The minimum Gasteiger partial charge on any atom is -0.618 e. The van der Waals surface area contributed by atoms with E-state index in [0.717, 1.165) is 15.9 Å². The summed E-state index contributed by atoms with van der Waals surface area (Å²) in [5.74, 6) is 0.609. The second-order valence-corrected chi connectivity index (χ2v) is 6.61. The Labute approximate surface area is 156 Å². The van der Waals surface area contributed by atoms with Crippen molar-refractivity contribution in [2.45, 2.75) is 19.3 Å². The van der Waals surface area contributed by atoms with E-state index in [1.54, 1.807) is 32.4 Å². The Hall–Kier alpha value is -3.09. The minimum absolute atomic E-state index is 0.219. The number of aryl methyl sites for hydroxylation is 1. The van der Waals surface area contributed by atoms with E-state index in [0.29, 0.717) is 52.8 Å². The number of methoxy groups -OCH3 is 3. The van der Waals surface area contributed by atoms with Gasteiger partial charge in [-0.25, -0.2) is 4.98 Å². The lowest BCUT2D eigenvalue weighted by Gasteiger charge is -2.25. The van der Waals surface area contributed by atoms with E-state index in [-0.39, 0.29) is 11.9 Å². The molecule has 1 unspecified atom stereocenters. The number of benzene rings is 2. The fraction of sp³-hybridized carbons (Fsp3) is 0.350. The molecule has 0 fully saturated rings. The lowest BCUT2D eigenvalue weighted by molar-refractivity contribution is -0.548. The summed E-state index contributed by atoms with van der Waals surface area (Å²) in [6.45, 7) is 0. The highest BCUT2D eigenvalue weighted by Gasteiger charge is 2.31. The molecular formula is C20H20N2O5. The van der Waals surface area contributed by atoms with Gasteiger partial charge in [0.25, 0.3) is 0 Å². The molecule has 2 aromatic carbocycles. The van der Waals surface area contributed by atoms with Crippen LogP contribution in [0, 0.1) is 11.1 Å². The molecule has 3 aromatic rings. The summed E-state index contributed by atoms with van der Waals surface area (Å²) < 4.78 is 16.8. The van der Waals surface area contributed by atoms with Crippen LogP contribution in [-0.2, 0) is 22.4 Å². The number of hydrogen-bond donors (Lipinski definition) is 0. The first-order valence-corrected chi connectivity index (χ1v) is 8.75. The molecule has 1 aliphatic rings. The molecule has 140 valence electrons. The second kappa shape index (κ2) is 6.57. The van der Waals surface area contributed by atoms with Crippen molar-refractivity contribution < 1.29 is 23.7 Å². The zero-order chi connectivity index (χ0) is 19.1. The number of esters is 1. The topological polar surface area (TPSA) is 84.6 Å². The van der Waals surface area contributed by atoms with E-state index in [1.807, 2.05) is 6.07 Å². The highest BCUT2D eigenvalue weighted by molar-refractivity contribution is 5.90. The number of carbonyl (C=O) groups excluding carboxylic acids is 1. The van der Waals surface area contributed by atoms with Gasteiger partial charge >= 0.3 is 5.97 Å². The number of para-hydroxylation sites is 1. The molecule has 0 saturated heterocycles. The number of ether oxygens (including phenoxy) is 3. The molecule has 7 nitrogen and oxygen atoms in total. The molecule has 4 rings (SSSR count). The molecule has 0 amide bonds. The summed E-state index contributed by atoms with van der Waals surface area (Å²) in [6, 6.07) is 7.11. The highest BCUT2D eigenvalue weighted by atomic mass is 16.5. The van der Waals surface area contributed by atoms with Crippen molar-refractivity contribution in [3.63, 3.8) is 0 Å². The maximum Gasteiger partial charge on any atom is 0.309 e. The minimum atomic E-state index is -0.227. The normalized spacial score (nSPS) is 16.2. The predicted octanol–water partition coefficient (Wildman–Crippen LogP) is 2.32. The van der Waals surface area contributed by atoms with Crippen LogP contribution < -0.4 is 14.2 Å². The maximum absolute atomic E-state index is 13.0. The lowest BCUT2D eigenvalue weighted by Crippen LogP contribution is -2.30. The van der Waals surface area contributed by atoms with Crippen LogP contribution in [0.5, 0.6) is 11.5 Å². The van der Waals surface area contributed by atoms with Gasteiger partial charge in [-0.3, -0.25) is 4.79 Å². The van der Waals surface area contributed by atoms with Gasteiger partial charge in [0.2, 0.25) is 11.0 Å². The lowest BCUT2D eigenvalue weighted by atomic mass is 9.83. The van der Waals surface area contributed by atoms with Crippen molar-refractivity contribution in [3.8, 4) is 11.5 Å². The van der Waals surface area contributed by atoms with Crippen LogP contribution in [0.15, 0.2) is 24.3 Å². The molecule has 0 spiro atoms. The number of hydrogen-bond acceptors (Lipinski definition) is 6. The summed E-state index contributed by atoms with van der Waals surface area (Å²) in [5.41, 5.74) is 3.74. The standard InChI is InChI=1S/C20H20N2O5/c1-25-16-6-4-5-14-17(16)21-18-15(22(14)24)10-11-7-8-12(20(23)27-3)9-13(11)19(18)26-2/h4-6,10,12H,7-9H2,1-3H3. The number of nitrogens with zero attached hydrogens (tertiary/aromatic N) is 2. The van der Waals surface area contributed by atoms with Gasteiger partial charge in [0.05, 0.1) is 27.2 Å². The highest BCUT2D eigenvalue weighted by Crippen LogP contribution is 2.38. The second-order valence-electron chi connectivity index (χ2n) is 6.61. The molecule has 1 aromatic heterocycles. The van der Waals surface area contributed by atoms with Gasteiger partial charge in [0, 0.05) is 17.7 Å². The van der Waals surface area contributed by atoms with Crippen LogP contribution in [-0.4, -0.2) is 32.3 Å². The van der Waals surface area contributed by atoms with Crippen molar-refractivity contribution in [1.29, 1.82) is 0 Å². The molecule has 7 heteroatoms. The van der Waals surface area contributed by atoms with Gasteiger partial charge in [-0.05, 0) is 30.9 Å². The third kappa shape index (κ3) is 2.61. The number of rotatable bonds is 3. The zero-order valence-electron chi connectivity index (χ0n) is 15.4. The Morgan fingerprint density at radius 1 is 1.19 bits per heavy atom. The molecule has 0 aliphatic heterocycles. The molecule has 0 bridgehead atoms. The van der Waals surface area contributed by atoms with Crippen LogP contribution in [0.1, 0.15) is 17.5 Å². The van der Waals surface area contributed by atoms with Crippen LogP contribution in [0.25, 0.3) is 22.1 Å². The smallest absolute Gasteiger partial charge is 0.309 e. The summed E-state index contributed by atoms with van der Waals surface area (Å²) in [4.78, 5) is 16.7. The first-order chi connectivity index (χ1) is 13.1. The molecule has 27 heavy (non-hydrogen) atoms. The van der Waals surface area contributed by atoms with Crippen molar-refractivity contribution >= 4 is 28.0 Å².